The van der Waals surface area contributed by atoms with Crippen molar-refractivity contribution < 1.29 is 17.9 Å². The summed E-state index contributed by atoms with van der Waals surface area (Å²) < 4.78 is 29.1. The molecule has 0 saturated carbocycles. The van der Waals surface area contributed by atoms with Crippen LogP contribution in [-0.4, -0.2) is 30.1 Å². The van der Waals surface area contributed by atoms with Gasteiger partial charge in [-0.1, -0.05) is 41.7 Å². The molecule has 6 nitrogen and oxygen atoms in total. The molecule has 0 aliphatic heterocycles. The van der Waals surface area contributed by atoms with Crippen molar-refractivity contribution >= 4 is 50.6 Å². The van der Waals surface area contributed by atoms with Crippen molar-refractivity contribution in [3.63, 3.8) is 0 Å². The number of esters is 1. The molecule has 1 aromatic heterocycles. The average molecular weight is 410 g/mol. The first kappa shape index (κ1) is 18.9. The van der Waals surface area contributed by atoms with Gasteiger partial charge in [-0.15, -0.1) is 0 Å². The number of hydrogen-bond donors (Lipinski definition) is 0. The van der Waals surface area contributed by atoms with Gasteiger partial charge in [-0.25, -0.2) is 23.2 Å². The lowest BCUT2D eigenvalue weighted by Gasteiger charge is -2.08. The standard InChI is InChI=1S/C14H11Cl3N2O4S/c1-2-5-24(21,22)14-18-7-10(17)12(19-14)13(20)23-11-4-3-8(15)6-9(11)16/h3-4,6-7H,2,5H2,1H3. The van der Waals surface area contributed by atoms with Crippen LogP contribution in [-0.2, 0) is 9.84 Å². The van der Waals surface area contributed by atoms with Crippen molar-refractivity contribution in [3.8, 4) is 5.75 Å². The quantitative estimate of drug-likeness (QED) is 0.424. The van der Waals surface area contributed by atoms with E-state index in [9.17, 15) is 13.2 Å². The van der Waals surface area contributed by atoms with E-state index in [-0.39, 0.29) is 27.2 Å². The lowest BCUT2D eigenvalue weighted by Crippen LogP contribution is -2.17. The summed E-state index contributed by atoms with van der Waals surface area (Å²) in [5, 5.41) is -0.142. The maximum Gasteiger partial charge on any atom is 0.364 e. The van der Waals surface area contributed by atoms with Gasteiger partial charge >= 0.3 is 5.97 Å². The molecule has 0 bridgehead atoms. The zero-order chi connectivity index (χ0) is 17.9. The normalized spacial score (nSPS) is 11.3. The number of hydrogen-bond acceptors (Lipinski definition) is 6. The number of benzene rings is 1. The van der Waals surface area contributed by atoms with Gasteiger partial charge in [-0.3, -0.25) is 0 Å². The van der Waals surface area contributed by atoms with Crippen molar-refractivity contribution in [1.82, 2.24) is 9.97 Å². The molecule has 0 atom stereocenters. The number of ether oxygens (including phenoxy) is 1. The van der Waals surface area contributed by atoms with Gasteiger partial charge in [-0.05, 0) is 24.6 Å². The Kier molecular flexibility index (Phi) is 6.03. The molecule has 0 aliphatic rings. The second-order valence-electron chi connectivity index (χ2n) is 4.63. The van der Waals surface area contributed by atoms with Crippen molar-refractivity contribution in [1.29, 1.82) is 0 Å². The SMILES string of the molecule is CCCS(=O)(=O)c1ncc(Cl)c(C(=O)Oc2ccc(Cl)cc2Cl)n1. The lowest BCUT2D eigenvalue weighted by molar-refractivity contribution is 0.0727. The highest BCUT2D eigenvalue weighted by molar-refractivity contribution is 7.91. The molecule has 2 aromatic rings. The van der Waals surface area contributed by atoms with Crippen LogP contribution in [0.5, 0.6) is 5.75 Å². The summed E-state index contributed by atoms with van der Waals surface area (Å²) in [6.45, 7) is 1.70. The predicted molar refractivity (Wildman–Crippen MR) is 90.8 cm³/mol. The van der Waals surface area contributed by atoms with Crippen LogP contribution in [0.15, 0.2) is 29.6 Å². The fourth-order valence-electron chi connectivity index (χ4n) is 1.71. The Morgan fingerprint density at radius 3 is 2.54 bits per heavy atom. The Labute approximate surface area is 153 Å². The average Bonchev–Trinajstić information content (AvgIpc) is 2.50. The smallest absolute Gasteiger partial charge is 0.364 e. The van der Waals surface area contributed by atoms with Gasteiger partial charge in [0.05, 0.1) is 22.0 Å². The lowest BCUT2D eigenvalue weighted by atomic mass is 10.3. The van der Waals surface area contributed by atoms with E-state index in [1.54, 1.807) is 6.92 Å². The summed E-state index contributed by atoms with van der Waals surface area (Å²) in [5.74, 6) is -1.06. The van der Waals surface area contributed by atoms with E-state index in [1.165, 1.54) is 18.2 Å². The number of sulfone groups is 1. The molecule has 0 spiro atoms. The predicted octanol–water partition coefficient (Wildman–Crippen LogP) is 3.84. The molecule has 0 aliphatic carbocycles. The Morgan fingerprint density at radius 2 is 1.92 bits per heavy atom. The zero-order valence-corrected chi connectivity index (χ0v) is 15.4. The van der Waals surface area contributed by atoms with E-state index in [4.69, 9.17) is 39.5 Å². The number of nitrogens with zero attached hydrogens (tertiary/aromatic N) is 2. The van der Waals surface area contributed by atoms with Crippen molar-refractivity contribution in [2.24, 2.45) is 0 Å². The van der Waals surface area contributed by atoms with E-state index in [0.29, 0.717) is 11.4 Å². The summed E-state index contributed by atoms with van der Waals surface area (Å²) >= 11 is 17.6. The maximum absolute atomic E-state index is 12.2. The fourth-order valence-corrected chi connectivity index (χ4v) is 3.49. The highest BCUT2D eigenvalue weighted by Gasteiger charge is 2.23. The van der Waals surface area contributed by atoms with Crippen molar-refractivity contribution in [3.05, 3.63) is 45.2 Å². The number of carbonyl (C=O) groups is 1. The second kappa shape index (κ2) is 7.65. The van der Waals surface area contributed by atoms with E-state index in [0.717, 1.165) is 6.20 Å². The molecule has 0 amide bonds. The molecule has 128 valence electrons. The molecule has 1 aromatic carbocycles. The molecule has 0 radical (unpaired) electrons. The minimum atomic E-state index is -3.70. The molecule has 0 saturated heterocycles. The first-order chi connectivity index (χ1) is 11.2. The highest BCUT2D eigenvalue weighted by Crippen LogP contribution is 2.28. The molecule has 0 N–H and O–H groups in total. The summed E-state index contributed by atoms with van der Waals surface area (Å²) in [4.78, 5) is 19.6. The molecule has 0 unspecified atom stereocenters. The fraction of sp³-hybridized carbons (Fsp3) is 0.214. The first-order valence-corrected chi connectivity index (χ1v) is 9.45. The van der Waals surface area contributed by atoms with E-state index < -0.39 is 21.0 Å². The monoisotopic (exact) mass is 408 g/mol. The van der Waals surface area contributed by atoms with Crippen LogP contribution < -0.4 is 4.74 Å². The maximum atomic E-state index is 12.2. The Bertz CT molecular complexity index is 888. The summed E-state index contributed by atoms with van der Waals surface area (Å²) in [6, 6.07) is 4.27. The Morgan fingerprint density at radius 1 is 1.21 bits per heavy atom. The van der Waals surface area contributed by atoms with Gasteiger partial charge in [0.25, 0.3) is 0 Å². The number of rotatable bonds is 5. The van der Waals surface area contributed by atoms with Crippen LogP contribution in [0, 0.1) is 0 Å². The van der Waals surface area contributed by atoms with Gasteiger partial charge in [0.2, 0.25) is 15.0 Å². The third-order valence-corrected chi connectivity index (χ3v) is 5.27. The largest absolute Gasteiger partial charge is 0.420 e. The molecule has 24 heavy (non-hydrogen) atoms. The van der Waals surface area contributed by atoms with Crippen molar-refractivity contribution in [2.45, 2.75) is 18.5 Å². The zero-order valence-electron chi connectivity index (χ0n) is 12.3. The van der Waals surface area contributed by atoms with Gasteiger partial charge in [0, 0.05) is 5.02 Å². The topological polar surface area (TPSA) is 86.2 Å². The summed E-state index contributed by atoms with van der Waals surface area (Å²) in [5.41, 5.74) is -0.368. The third kappa shape index (κ3) is 4.36. The molecular formula is C14H11Cl3N2O4S. The first-order valence-electron chi connectivity index (χ1n) is 6.67. The Balaban J connectivity index is 2.35. The molecule has 10 heteroatoms. The number of carbonyl (C=O) groups excluding carboxylic acids is 1. The Hall–Kier alpha value is -1.41. The minimum absolute atomic E-state index is 0.0405. The van der Waals surface area contributed by atoms with Gasteiger partial charge < -0.3 is 4.74 Å². The van der Waals surface area contributed by atoms with Crippen LogP contribution in [0.25, 0.3) is 0 Å². The van der Waals surface area contributed by atoms with Crippen LogP contribution >= 0.6 is 34.8 Å². The van der Waals surface area contributed by atoms with Crippen molar-refractivity contribution in [2.75, 3.05) is 5.75 Å². The molecule has 1 heterocycles. The molecular weight excluding hydrogens is 399 g/mol. The highest BCUT2D eigenvalue weighted by atomic mass is 35.5. The van der Waals surface area contributed by atoms with Gasteiger partial charge in [0.1, 0.15) is 5.75 Å². The molecule has 2 rings (SSSR count). The van der Waals surface area contributed by atoms with E-state index in [2.05, 4.69) is 9.97 Å². The van der Waals surface area contributed by atoms with Crippen LogP contribution in [0.4, 0.5) is 0 Å². The van der Waals surface area contributed by atoms with E-state index >= 15 is 0 Å². The molecule has 0 fully saturated rings. The third-order valence-electron chi connectivity index (χ3n) is 2.76. The van der Waals surface area contributed by atoms with Gasteiger partial charge in [-0.2, -0.15) is 0 Å². The summed E-state index contributed by atoms with van der Waals surface area (Å²) in [7, 11) is -3.70. The number of halogens is 3. The van der Waals surface area contributed by atoms with Gasteiger partial charge in [0.15, 0.2) is 5.69 Å². The van der Waals surface area contributed by atoms with E-state index in [1.807, 2.05) is 0 Å². The second-order valence-corrected chi connectivity index (χ2v) is 7.89. The summed E-state index contributed by atoms with van der Waals surface area (Å²) in [6.07, 6.45) is 1.42. The van der Waals surface area contributed by atoms with Crippen LogP contribution in [0.2, 0.25) is 15.1 Å². The van der Waals surface area contributed by atoms with Crippen LogP contribution in [0.1, 0.15) is 23.8 Å². The number of aromatic nitrogens is 2. The van der Waals surface area contributed by atoms with Crippen LogP contribution in [0.3, 0.4) is 0 Å². The minimum Gasteiger partial charge on any atom is -0.420 e.